The Hall–Kier alpha value is -0.240. The number of thiophene rings is 2. The molecule has 0 aromatic carbocycles. The fourth-order valence-electron chi connectivity index (χ4n) is 7.72. The van der Waals surface area contributed by atoms with E-state index in [-0.39, 0.29) is 0 Å². The summed E-state index contributed by atoms with van der Waals surface area (Å²) in [7, 11) is 0. The Morgan fingerprint density at radius 3 is 0.730 bits per heavy atom. The second-order valence-electron chi connectivity index (χ2n) is 18.1. The van der Waals surface area contributed by atoms with Crippen molar-refractivity contribution < 1.29 is 0 Å². The molecule has 0 radical (unpaired) electrons. The summed E-state index contributed by atoms with van der Waals surface area (Å²) in [6, 6.07) is 30.8. The van der Waals surface area contributed by atoms with Crippen LogP contribution in [0.4, 0.5) is 0 Å². The predicted molar refractivity (Wildman–Crippen MR) is 357 cm³/mol. The first-order valence-corrected chi connectivity index (χ1v) is 39.2. The molecule has 0 spiro atoms. The Balaban J connectivity index is 1.51. The van der Waals surface area contributed by atoms with Crippen LogP contribution in [0, 0.1) is 66.7 Å². The van der Waals surface area contributed by atoms with E-state index in [4.69, 9.17) is 0 Å². The van der Waals surface area contributed by atoms with Gasteiger partial charge in [-0.3, -0.25) is 0 Å². The van der Waals surface area contributed by atoms with Crippen LogP contribution in [0.5, 0.6) is 0 Å². The van der Waals surface area contributed by atoms with Gasteiger partial charge in [0.05, 0.1) is 44.2 Å². The van der Waals surface area contributed by atoms with E-state index in [1.54, 1.807) is 0 Å². The summed E-state index contributed by atoms with van der Waals surface area (Å²) < 4.78 is 20.6. The molecule has 0 saturated carbocycles. The molecule has 396 valence electrons. The number of rotatable bonds is 28. The van der Waals surface area contributed by atoms with E-state index in [1.165, 1.54) is 149 Å². The maximum atomic E-state index is 3.86. The monoisotopic (exact) mass is 1240 g/mol. The third-order valence-corrected chi connectivity index (χ3v) is 31.5. The van der Waals surface area contributed by atoms with Gasteiger partial charge in [0.2, 0.25) is 0 Å². The maximum absolute atomic E-state index is 3.86. The molecule has 74 heavy (non-hydrogen) atoms. The zero-order valence-electron chi connectivity index (χ0n) is 44.7. The number of thioether (sulfide) groups is 8. The zero-order chi connectivity index (χ0) is 52.1. The van der Waals surface area contributed by atoms with Crippen LogP contribution in [-0.4, -0.2) is 23.0 Å². The average Bonchev–Trinajstić information content (AvgIpc) is 4.28. The van der Waals surface area contributed by atoms with Crippen molar-refractivity contribution in [3.63, 3.8) is 0 Å². The summed E-state index contributed by atoms with van der Waals surface area (Å²) in [5.74, 6) is 4.71. The van der Waals surface area contributed by atoms with Gasteiger partial charge in [0.1, 0.15) is 25.8 Å². The molecule has 0 atom stereocenters. The van der Waals surface area contributed by atoms with Crippen LogP contribution in [0.15, 0.2) is 16.9 Å². The zero-order valence-corrected chi connectivity index (χ0v) is 56.1. The minimum atomic E-state index is 1.04. The van der Waals surface area contributed by atoms with Crippen LogP contribution in [0.2, 0.25) is 0 Å². The highest BCUT2D eigenvalue weighted by Crippen LogP contribution is 2.59. The smallest absolute Gasteiger partial charge is 0.104 e. The SMILES string of the molecule is CCCCSC1=C(SCCCC)SC(=c2sc3c#cc4sc(c#cc5sc(=C6SC(SCCCC)=C(SCCCC)S6)sc=5c#cc5sc(c#cc=3s2)c(CCCC)c5CCCC)c(CCCC)c4CCCC)S1. The minimum absolute atomic E-state index is 1.04. The summed E-state index contributed by atoms with van der Waals surface area (Å²) in [6.45, 7) is 18.5. The molecule has 0 fully saturated rings. The third-order valence-electron chi connectivity index (χ3n) is 12.0. The Morgan fingerprint density at radius 1 is 0.284 bits per heavy atom. The minimum Gasteiger partial charge on any atom is -0.117 e. The van der Waals surface area contributed by atoms with Gasteiger partial charge in [0.15, 0.2) is 0 Å². The first kappa shape index (κ1) is 61.4. The van der Waals surface area contributed by atoms with E-state index in [2.05, 4.69) is 151 Å². The van der Waals surface area contributed by atoms with Gasteiger partial charge in [0.25, 0.3) is 0 Å². The third kappa shape index (κ3) is 17.4. The fourth-order valence-corrected chi connectivity index (χ4v) is 27.4. The van der Waals surface area contributed by atoms with Gasteiger partial charge in [-0.2, -0.15) is 0 Å². The lowest BCUT2D eigenvalue weighted by Gasteiger charge is -2.03. The molecule has 7 rings (SSSR count). The Morgan fingerprint density at radius 2 is 0.514 bits per heavy atom. The summed E-state index contributed by atoms with van der Waals surface area (Å²) in [4.78, 5) is 0. The molecule has 0 saturated heterocycles. The molecule has 7 heterocycles. The number of aryl methyl sites for hydroxylation is 4. The lowest BCUT2D eigenvalue weighted by Crippen LogP contribution is -1.91. The van der Waals surface area contributed by atoms with Crippen LogP contribution < -0.4 is 7.69 Å². The molecule has 2 aromatic heterocycles. The number of hydrogen-bond donors (Lipinski definition) is 0. The molecule has 4 bridgehead atoms. The van der Waals surface area contributed by atoms with Crippen molar-refractivity contribution in [2.24, 2.45) is 0 Å². The molecule has 2 aromatic rings. The number of hydrogen-bond acceptors (Lipinski definition) is 14. The summed E-state index contributed by atoms with van der Waals surface area (Å²) in [5, 5.41) is 0. The Bertz CT molecular complexity index is 2690. The molecule has 14 heteroatoms. The lowest BCUT2D eigenvalue weighted by molar-refractivity contribution is 0.767. The normalized spacial score (nSPS) is 13.6. The topological polar surface area (TPSA) is 0 Å². The molecule has 5 aliphatic heterocycles. The van der Waals surface area contributed by atoms with Crippen LogP contribution in [0.3, 0.4) is 0 Å². The van der Waals surface area contributed by atoms with Crippen molar-refractivity contribution in [1.29, 1.82) is 0 Å². The molecule has 0 nitrogen and oxygen atoms in total. The van der Waals surface area contributed by atoms with E-state index in [0.717, 1.165) is 95.2 Å². The summed E-state index contributed by atoms with van der Waals surface area (Å²) >= 11 is 27.4. The van der Waals surface area contributed by atoms with Crippen molar-refractivity contribution in [2.75, 3.05) is 23.0 Å². The van der Waals surface area contributed by atoms with E-state index in [1.807, 2.05) is 115 Å². The second-order valence-corrected chi connectivity index (χ2v) is 34.8. The first-order chi connectivity index (χ1) is 36.4. The number of fused-ring (bicyclic) bond motifs is 4. The molecular formula is C60H72S14. The van der Waals surface area contributed by atoms with Crippen LogP contribution in [0.1, 0.15) is 180 Å². The van der Waals surface area contributed by atoms with Crippen molar-refractivity contribution >= 4 is 189 Å². The largest absolute Gasteiger partial charge is 0.117 e. The quantitative estimate of drug-likeness (QED) is 0.0449. The van der Waals surface area contributed by atoms with E-state index < -0.39 is 0 Å². The van der Waals surface area contributed by atoms with Crippen molar-refractivity contribution in [3.05, 3.63) is 114 Å². The van der Waals surface area contributed by atoms with E-state index in [9.17, 15) is 0 Å². The Labute approximate surface area is 504 Å². The maximum Gasteiger partial charge on any atom is 0.104 e. The van der Waals surface area contributed by atoms with E-state index >= 15 is 0 Å². The van der Waals surface area contributed by atoms with Crippen molar-refractivity contribution in [1.82, 2.24) is 0 Å². The van der Waals surface area contributed by atoms with E-state index in [0.29, 0.717) is 0 Å². The highest BCUT2D eigenvalue weighted by atomic mass is 32.3. The molecule has 0 aliphatic carbocycles. The summed E-state index contributed by atoms with van der Waals surface area (Å²) in [6.07, 6.45) is 23.3. The van der Waals surface area contributed by atoms with Gasteiger partial charge in [-0.05, 0) is 171 Å². The van der Waals surface area contributed by atoms with Gasteiger partial charge < -0.3 is 0 Å². The highest BCUT2D eigenvalue weighted by Gasteiger charge is 2.25. The predicted octanol–water partition coefficient (Wildman–Crippen LogP) is 22.4. The number of unbranched alkanes of at least 4 members (excludes halogenated alkanes) is 8. The summed E-state index contributed by atoms with van der Waals surface area (Å²) in [5.41, 5.74) is 5.72. The van der Waals surface area contributed by atoms with Gasteiger partial charge in [-0.1, -0.05) is 154 Å². The Kier molecular flexibility index (Phi) is 27.8. The fraction of sp³-hybridized carbons (Fsp3) is 0.533. The van der Waals surface area contributed by atoms with Gasteiger partial charge >= 0.3 is 0 Å². The molecule has 0 amide bonds. The molecule has 0 unspecified atom stereocenters. The van der Waals surface area contributed by atoms with Crippen molar-refractivity contribution in [2.45, 2.75) is 184 Å². The second kappa shape index (κ2) is 33.5. The van der Waals surface area contributed by atoms with Gasteiger partial charge in [-0.25, -0.2) is 0 Å². The van der Waals surface area contributed by atoms with Gasteiger partial charge in [-0.15, -0.1) is 115 Å². The molecule has 0 N–H and O–H groups in total. The molecular weight excluding hydrogens is 1170 g/mol. The molecule has 5 aliphatic rings. The van der Waals surface area contributed by atoms with Gasteiger partial charge in [0, 0.05) is 0 Å². The average molecular weight is 1240 g/mol. The first-order valence-electron chi connectivity index (χ1n) is 27.1. The lowest BCUT2D eigenvalue weighted by atomic mass is 10.0. The van der Waals surface area contributed by atoms with Crippen LogP contribution in [0.25, 0.3) is 27.3 Å². The van der Waals surface area contributed by atoms with Crippen LogP contribution >= 0.6 is 162 Å². The standard InChI is InChI=1S/C60H72S14/c1-9-17-25-41-42(26-18-10-2)46-30-34-50-52(70-58(68-50)60-73-55(63-39-23-15-7)56(74-60)64-40-24-16-8)36-32-48-44(28-20-12-4)43(27-19-11-3)47(66-48)31-35-51-49(33-29-45(41)65-46)67-57(69-51)59-71-53(61-37-21-13-5)54(72-59)62-38-22-14-6/h9-28,37-40H2,1-8H3. The van der Waals surface area contributed by atoms with Crippen LogP contribution in [-0.2, 0) is 25.7 Å². The van der Waals surface area contributed by atoms with Crippen molar-refractivity contribution in [3.8, 4) is 0 Å². The highest BCUT2D eigenvalue weighted by molar-refractivity contribution is 8.46.